The number of hydrogen-bond donors (Lipinski definition) is 0. The maximum Gasteiger partial charge on any atom is 0.338 e. The van der Waals surface area contributed by atoms with Crippen molar-refractivity contribution in [2.24, 2.45) is 0 Å². The van der Waals surface area contributed by atoms with Crippen LogP contribution in [0.2, 0.25) is 0 Å². The largest absolute Gasteiger partial charge is 0.462 e. The van der Waals surface area contributed by atoms with Gasteiger partial charge in [0.15, 0.2) is 5.01 Å². The van der Waals surface area contributed by atoms with Crippen molar-refractivity contribution in [3.63, 3.8) is 0 Å². The molecule has 1 rings (SSSR count). The van der Waals surface area contributed by atoms with Gasteiger partial charge in [-0.15, -0.1) is 0 Å². The van der Waals surface area contributed by atoms with Gasteiger partial charge in [-0.25, -0.2) is 4.79 Å². The average molecular weight is 321 g/mol. The van der Waals surface area contributed by atoms with Crippen LogP contribution in [0.4, 0.5) is 4.39 Å². The summed E-state index contributed by atoms with van der Waals surface area (Å²) in [5.41, 5.74) is 0.310. The van der Waals surface area contributed by atoms with Gasteiger partial charge in [-0.3, -0.25) is 0 Å². The van der Waals surface area contributed by atoms with Crippen molar-refractivity contribution >= 4 is 21.9 Å². The quantitative estimate of drug-likeness (QED) is 0.597. The van der Waals surface area contributed by atoms with Gasteiger partial charge in [-0.05, 0) is 25.1 Å². The molecule has 6 heteroatoms. The Bertz CT molecular complexity index is 399. The van der Waals surface area contributed by atoms with Crippen molar-refractivity contribution < 1.29 is 23.4 Å². The third kappa shape index (κ3) is 4.27. The fraction of sp³-hybridized carbons (Fsp3) is 0.417. The van der Waals surface area contributed by atoms with Crippen LogP contribution in [0.25, 0.3) is 0 Å². The Hall–Kier alpha value is -1.14. The molecule has 0 aliphatic rings. The molecule has 0 aliphatic heterocycles. The maximum absolute atomic E-state index is 13.5. The van der Waals surface area contributed by atoms with Gasteiger partial charge in [0.05, 0.1) is 12.2 Å². The van der Waals surface area contributed by atoms with E-state index in [0.717, 1.165) is 0 Å². The molecule has 1 aromatic carbocycles. The molecule has 0 amide bonds. The second-order valence-corrected chi connectivity index (χ2v) is 4.21. The minimum Gasteiger partial charge on any atom is -0.462 e. The van der Waals surface area contributed by atoms with Crippen molar-refractivity contribution in [2.75, 3.05) is 13.7 Å². The first-order chi connectivity index (χ1) is 8.58. The fourth-order valence-corrected chi connectivity index (χ4v) is 1.31. The van der Waals surface area contributed by atoms with Gasteiger partial charge in [0, 0.05) is 7.11 Å². The zero-order valence-corrected chi connectivity index (χ0v) is 11.6. The Balaban J connectivity index is 2.73. The highest BCUT2D eigenvalue weighted by molar-refractivity contribution is 9.09. The summed E-state index contributed by atoms with van der Waals surface area (Å²) in [5.74, 6) is -0.241. The molecule has 0 fully saturated rings. The van der Waals surface area contributed by atoms with E-state index < -0.39 is 17.3 Å². The fourth-order valence-electron chi connectivity index (χ4n) is 1.20. The summed E-state index contributed by atoms with van der Waals surface area (Å²) >= 11 is 2.96. The molecular weight excluding hydrogens is 307 g/mol. The molecule has 18 heavy (non-hydrogen) atoms. The lowest BCUT2D eigenvalue weighted by atomic mass is 10.2. The first-order valence-electron chi connectivity index (χ1n) is 5.33. The summed E-state index contributed by atoms with van der Waals surface area (Å²) in [4.78, 5) is 11.5. The Kier molecular flexibility index (Phi) is 6.07. The molecule has 1 aromatic rings. The standard InChI is InChI=1S/C12H14BrFO4/c1-3-17-12(15)8-5-4-6-9(7-8)18-11(14)10(13)16-2/h4-7,10-11H,3H2,1-2H3. The maximum atomic E-state index is 13.5. The Labute approximate surface area is 113 Å². The van der Waals surface area contributed by atoms with E-state index in [2.05, 4.69) is 15.9 Å². The summed E-state index contributed by atoms with van der Waals surface area (Å²) < 4.78 is 28.0. The second-order valence-electron chi connectivity index (χ2n) is 3.30. The van der Waals surface area contributed by atoms with Crippen LogP contribution in [0, 0.1) is 0 Å². The van der Waals surface area contributed by atoms with E-state index in [1.165, 1.54) is 13.2 Å². The third-order valence-corrected chi connectivity index (χ3v) is 2.81. The van der Waals surface area contributed by atoms with E-state index in [9.17, 15) is 9.18 Å². The number of benzene rings is 1. The summed E-state index contributed by atoms with van der Waals surface area (Å²) in [5, 5.41) is -0.872. The second kappa shape index (κ2) is 7.33. The third-order valence-electron chi connectivity index (χ3n) is 2.03. The van der Waals surface area contributed by atoms with Gasteiger partial charge < -0.3 is 14.2 Å². The van der Waals surface area contributed by atoms with Crippen LogP contribution in [0.5, 0.6) is 5.75 Å². The first-order valence-corrected chi connectivity index (χ1v) is 6.24. The normalized spacial score (nSPS) is 13.8. The SMILES string of the molecule is CCOC(=O)c1cccc(OC(F)C(Br)OC)c1. The van der Waals surface area contributed by atoms with E-state index in [0.29, 0.717) is 5.56 Å². The number of halogens is 2. The molecule has 0 heterocycles. The molecule has 0 bridgehead atoms. The molecule has 2 atom stereocenters. The monoisotopic (exact) mass is 320 g/mol. The topological polar surface area (TPSA) is 44.8 Å². The molecule has 2 unspecified atom stereocenters. The lowest BCUT2D eigenvalue weighted by Gasteiger charge is -2.15. The Morgan fingerprint density at radius 2 is 2.22 bits per heavy atom. The molecule has 4 nitrogen and oxygen atoms in total. The smallest absolute Gasteiger partial charge is 0.338 e. The van der Waals surface area contributed by atoms with E-state index >= 15 is 0 Å². The van der Waals surface area contributed by atoms with Gasteiger partial charge in [0.1, 0.15) is 5.75 Å². The van der Waals surface area contributed by atoms with Crippen LogP contribution >= 0.6 is 15.9 Å². The minimum atomic E-state index is -1.67. The van der Waals surface area contributed by atoms with Gasteiger partial charge in [0.25, 0.3) is 6.36 Å². The molecule has 0 aliphatic carbocycles. The molecule has 0 saturated heterocycles. The van der Waals surface area contributed by atoms with E-state index in [1.807, 2.05) is 0 Å². The number of rotatable bonds is 6. The number of alkyl halides is 2. The highest BCUT2D eigenvalue weighted by Gasteiger charge is 2.19. The number of hydrogen-bond acceptors (Lipinski definition) is 4. The molecule has 0 aromatic heterocycles. The van der Waals surface area contributed by atoms with E-state index in [4.69, 9.17) is 14.2 Å². The van der Waals surface area contributed by atoms with Crippen molar-refractivity contribution in [1.82, 2.24) is 0 Å². The minimum absolute atomic E-state index is 0.231. The first kappa shape index (κ1) is 14.9. The number of carbonyl (C=O) groups is 1. The Morgan fingerprint density at radius 3 is 2.83 bits per heavy atom. The average Bonchev–Trinajstić information content (AvgIpc) is 2.38. The molecule has 100 valence electrons. The van der Waals surface area contributed by atoms with Crippen molar-refractivity contribution in [3.8, 4) is 5.75 Å². The zero-order chi connectivity index (χ0) is 13.5. The number of carbonyl (C=O) groups excluding carboxylic acids is 1. The van der Waals surface area contributed by atoms with Crippen molar-refractivity contribution in [2.45, 2.75) is 18.3 Å². The van der Waals surface area contributed by atoms with Crippen LogP contribution in [-0.2, 0) is 9.47 Å². The van der Waals surface area contributed by atoms with Gasteiger partial charge in [-0.2, -0.15) is 4.39 Å². The number of esters is 1. The van der Waals surface area contributed by atoms with E-state index in [-0.39, 0.29) is 12.4 Å². The molecular formula is C12H14BrFO4. The molecule has 0 spiro atoms. The summed E-state index contributed by atoms with van der Waals surface area (Å²) in [6.45, 7) is 1.99. The molecule has 0 N–H and O–H groups in total. The van der Waals surface area contributed by atoms with Crippen LogP contribution in [0.1, 0.15) is 17.3 Å². The van der Waals surface area contributed by atoms with E-state index in [1.54, 1.807) is 25.1 Å². The predicted molar refractivity (Wildman–Crippen MR) is 67.6 cm³/mol. The van der Waals surface area contributed by atoms with Gasteiger partial charge >= 0.3 is 5.97 Å². The zero-order valence-electron chi connectivity index (χ0n) is 10.1. The highest BCUT2D eigenvalue weighted by Crippen LogP contribution is 2.19. The van der Waals surface area contributed by atoms with Crippen LogP contribution < -0.4 is 4.74 Å². The predicted octanol–water partition coefficient (Wildman–Crippen LogP) is 2.91. The summed E-state index contributed by atoms with van der Waals surface area (Å²) in [6, 6.07) is 6.12. The molecule has 0 saturated carbocycles. The van der Waals surface area contributed by atoms with Gasteiger partial charge in [-0.1, -0.05) is 22.0 Å². The number of methoxy groups -OCH3 is 1. The summed E-state index contributed by atoms with van der Waals surface area (Å²) in [6.07, 6.45) is -1.67. The van der Waals surface area contributed by atoms with Gasteiger partial charge in [0.2, 0.25) is 0 Å². The van der Waals surface area contributed by atoms with Crippen LogP contribution in [-0.4, -0.2) is 31.1 Å². The Morgan fingerprint density at radius 1 is 1.50 bits per heavy atom. The van der Waals surface area contributed by atoms with Crippen molar-refractivity contribution in [1.29, 1.82) is 0 Å². The lowest BCUT2D eigenvalue weighted by Crippen LogP contribution is -2.23. The molecule has 0 radical (unpaired) electrons. The van der Waals surface area contributed by atoms with Crippen LogP contribution in [0.15, 0.2) is 24.3 Å². The lowest BCUT2D eigenvalue weighted by molar-refractivity contribution is -0.0199. The number of ether oxygens (including phenoxy) is 3. The van der Waals surface area contributed by atoms with Crippen LogP contribution in [0.3, 0.4) is 0 Å². The summed E-state index contributed by atoms with van der Waals surface area (Å²) in [7, 11) is 1.35. The highest BCUT2D eigenvalue weighted by atomic mass is 79.9. The van der Waals surface area contributed by atoms with Crippen molar-refractivity contribution in [3.05, 3.63) is 29.8 Å².